The topological polar surface area (TPSA) is 88.4 Å². The molecule has 6 nitrogen and oxygen atoms in total. The van der Waals surface area contributed by atoms with Gasteiger partial charge in [0.15, 0.2) is 0 Å². The number of ether oxygens (including phenoxy) is 1. The predicted octanol–water partition coefficient (Wildman–Crippen LogP) is 5.89. The third kappa shape index (κ3) is 8.08. The molecule has 4 saturated carbocycles. The van der Waals surface area contributed by atoms with Crippen molar-refractivity contribution >= 4 is 5.97 Å². The molecule has 4 fully saturated rings. The Kier molecular flexibility index (Phi) is 12.8. The van der Waals surface area contributed by atoms with Crippen molar-refractivity contribution in [2.24, 2.45) is 52.1 Å². The van der Waals surface area contributed by atoms with E-state index >= 15 is 0 Å². The molecule has 0 aliphatic heterocycles. The maximum absolute atomic E-state index is 11.8. The fourth-order valence-electron chi connectivity index (χ4n) is 10.6. The molecule has 238 valence electrons. The van der Waals surface area contributed by atoms with Gasteiger partial charge in [0.05, 0.1) is 7.11 Å². The van der Waals surface area contributed by atoms with Gasteiger partial charge >= 0.3 is 5.97 Å². The van der Waals surface area contributed by atoms with E-state index in [0.717, 1.165) is 87.7 Å². The van der Waals surface area contributed by atoms with Crippen molar-refractivity contribution in [3.63, 3.8) is 0 Å². The summed E-state index contributed by atoms with van der Waals surface area (Å²) in [6, 6.07) is 0.726. The number of hydrogen-bond donors (Lipinski definition) is 4. The number of fused-ring (bicyclic) bond motifs is 5. The summed E-state index contributed by atoms with van der Waals surface area (Å²) in [4.78, 5) is 11.8. The van der Waals surface area contributed by atoms with Gasteiger partial charge in [0.1, 0.15) is 0 Å². The van der Waals surface area contributed by atoms with E-state index in [-0.39, 0.29) is 5.97 Å². The summed E-state index contributed by atoms with van der Waals surface area (Å²) in [5, 5.41) is 11.1. The Morgan fingerprint density at radius 3 is 2.27 bits per heavy atom. The van der Waals surface area contributed by atoms with Crippen molar-refractivity contribution < 1.29 is 9.53 Å². The SMILES string of the molecule is COC(=O)CC[C@H](C)C1CCC2C3CC[C@@H]4C[C@@H](NCCCNCCCCNCCCN)CC[C@]4(C)C3CC[C@@]21C. The highest BCUT2D eigenvalue weighted by Gasteiger charge is 2.60. The van der Waals surface area contributed by atoms with Crippen molar-refractivity contribution in [2.45, 2.75) is 123 Å². The minimum atomic E-state index is -0.0398. The first kappa shape index (κ1) is 33.2. The van der Waals surface area contributed by atoms with Gasteiger partial charge in [0.25, 0.3) is 0 Å². The molecule has 41 heavy (non-hydrogen) atoms. The highest BCUT2D eigenvalue weighted by Crippen LogP contribution is 2.68. The molecule has 4 rings (SSSR count). The summed E-state index contributed by atoms with van der Waals surface area (Å²) in [5.41, 5.74) is 6.57. The van der Waals surface area contributed by atoms with Gasteiger partial charge < -0.3 is 26.4 Å². The van der Waals surface area contributed by atoms with Crippen LogP contribution in [-0.4, -0.2) is 58.4 Å². The summed E-state index contributed by atoms with van der Waals surface area (Å²) in [6.45, 7) is 14.1. The Morgan fingerprint density at radius 1 is 0.854 bits per heavy atom. The van der Waals surface area contributed by atoms with Crippen LogP contribution in [0.15, 0.2) is 0 Å². The fraction of sp³-hybridized carbons (Fsp3) is 0.971. The average molecular weight is 575 g/mol. The molecule has 0 saturated heterocycles. The van der Waals surface area contributed by atoms with Crippen LogP contribution >= 0.6 is 0 Å². The summed E-state index contributed by atoms with van der Waals surface area (Å²) in [7, 11) is 1.52. The van der Waals surface area contributed by atoms with E-state index in [4.69, 9.17) is 10.5 Å². The summed E-state index contributed by atoms with van der Waals surface area (Å²) in [5.74, 6) is 5.05. The number of carbonyl (C=O) groups is 1. The molecule has 0 bridgehead atoms. The summed E-state index contributed by atoms with van der Waals surface area (Å²) >= 11 is 0. The van der Waals surface area contributed by atoms with Gasteiger partial charge in [-0.15, -0.1) is 0 Å². The highest BCUT2D eigenvalue weighted by atomic mass is 16.5. The van der Waals surface area contributed by atoms with Gasteiger partial charge in [-0.3, -0.25) is 4.79 Å². The molecule has 0 spiro atoms. The molecular formula is C35H66N4O2. The number of unbranched alkanes of at least 4 members (excludes halogenated alkanes) is 1. The lowest BCUT2D eigenvalue weighted by molar-refractivity contribution is -0.141. The lowest BCUT2D eigenvalue weighted by Gasteiger charge is -2.61. The third-order valence-electron chi connectivity index (χ3n) is 12.9. The third-order valence-corrected chi connectivity index (χ3v) is 12.9. The number of carbonyl (C=O) groups excluding carboxylic acids is 1. The van der Waals surface area contributed by atoms with E-state index in [1.165, 1.54) is 84.2 Å². The van der Waals surface area contributed by atoms with Crippen molar-refractivity contribution in [3.05, 3.63) is 0 Å². The van der Waals surface area contributed by atoms with Gasteiger partial charge in [-0.2, -0.15) is 0 Å². The van der Waals surface area contributed by atoms with Crippen LogP contribution < -0.4 is 21.7 Å². The number of nitrogens with one attached hydrogen (secondary N) is 3. The first-order valence-electron chi connectivity index (χ1n) is 17.7. The lowest BCUT2D eigenvalue weighted by Crippen LogP contribution is -2.55. The van der Waals surface area contributed by atoms with Crippen LogP contribution in [0.2, 0.25) is 0 Å². The second kappa shape index (κ2) is 15.9. The summed E-state index contributed by atoms with van der Waals surface area (Å²) < 4.78 is 4.94. The second-order valence-electron chi connectivity index (χ2n) is 15.1. The van der Waals surface area contributed by atoms with Gasteiger partial charge in [0.2, 0.25) is 0 Å². The van der Waals surface area contributed by atoms with E-state index in [1.807, 2.05) is 0 Å². The van der Waals surface area contributed by atoms with Crippen LogP contribution in [-0.2, 0) is 9.53 Å². The molecule has 4 unspecified atom stereocenters. The van der Waals surface area contributed by atoms with Gasteiger partial charge in [0, 0.05) is 12.5 Å². The molecule has 5 N–H and O–H groups in total. The van der Waals surface area contributed by atoms with Crippen LogP contribution in [0.5, 0.6) is 0 Å². The number of esters is 1. The van der Waals surface area contributed by atoms with E-state index in [9.17, 15) is 4.79 Å². The zero-order valence-electron chi connectivity index (χ0n) is 27.3. The van der Waals surface area contributed by atoms with E-state index in [0.29, 0.717) is 23.2 Å². The van der Waals surface area contributed by atoms with Crippen LogP contribution in [0.1, 0.15) is 117 Å². The van der Waals surface area contributed by atoms with Gasteiger partial charge in [-0.25, -0.2) is 0 Å². The maximum Gasteiger partial charge on any atom is 0.305 e. The molecule has 0 heterocycles. The average Bonchev–Trinajstić information content (AvgIpc) is 3.33. The van der Waals surface area contributed by atoms with Gasteiger partial charge in [-0.1, -0.05) is 20.8 Å². The standard InChI is InChI=1S/C35H66N4O2/c1-26(9-14-33(40)41-4)30-12-13-31-29-11-10-27-25-28(15-17-34(27,2)32(29)16-18-35(30,31)3)39-24-8-23-38-21-6-5-20-37-22-7-19-36/h26-32,37-39H,5-25,36H2,1-4H3/t26-,27+,28-,29?,30?,31?,32?,34-,35+/m0/s1. The highest BCUT2D eigenvalue weighted by molar-refractivity contribution is 5.69. The minimum Gasteiger partial charge on any atom is -0.469 e. The fourth-order valence-corrected chi connectivity index (χ4v) is 10.6. The van der Waals surface area contributed by atoms with E-state index in [2.05, 4.69) is 36.7 Å². The Balaban J connectivity index is 1.16. The van der Waals surface area contributed by atoms with E-state index < -0.39 is 0 Å². The summed E-state index contributed by atoms with van der Waals surface area (Å²) in [6.07, 6.45) is 19.2. The number of rotatable bonds is 17. The smallest absolute Gasteiger partial charge is 0.305 e. The van der Waals surface area contributed by atoms with Gasteiger partial charge in [-0.05, 0) is 175 Å². The van der Waals surface area contributed by atoms with Crippen molar-refractivity contribution in [3.8, 4) is 0 Å². The molecule has 0 amide bonds. The molecule has 4 aliphatic carbocycles. The normalized spacial score (nSPS) is 37.2. The van der Waals surface area contributed by atoms with Crippen LogP contribution in [0.4, 0.5) is 0 Å². The lowest BCUT2D eigenvalue weighted by atomic mass is 9.44. The zero-order valence-corrected chi connectivity index (χ0v) is 27.3. The second-order valence-corrected chi connectivity index (χ2v) is 15.1. The Labute approximate surface area is 252 Å². The molecule has 0 aromatic rings. The van der Waals surface area contributed by atoms with Crippen LogP contribution in [0.25, 0.3) is 0 Å². The molecule has 4 aliphatic rings. The van der Waals surface area contributed by atoms with Crippen molar-refractivity contribution in [2.75, 3.05) is 46.4 Å². The predicted molar refractivity (Wildman–Crippen MR) is 171 cm³/mol. The Morgan fingerprint density at radius 2 is 1.54 bits per heavy atom. The molecule has 9 atom stereocenters. The number of nitrogens with two attached hydrogens (primary N) is 1. The monoisotopic (exact) mass is 575 g/mol. The molecule has 0 radical (unpaired) electrons. The molecule has 0 aromatic carbocycles. The molecule has 6 heteroatoms. The number of hydrogen-bond acceptors (Lipinski definition) is 6. The van der Waals surface area contributed by atoms with Crippen LogP contribution in [0.3, 0.4) is 0 Å². The first-order valence-corrected chi connectivity index (χ1v) is 17.7. The number of methoxy groups -OCH3 is 1. The van der Waals surface area contributed by atoms with E-state index in [1.54, 1.807) is 0 Å². The quantitative estimate of drug-likeness (QED) is 0.128. The van der Waals surface area contributed by atoms with Crippen molar-refractivity contribution in [1.82, 2.24) is 16.0 Å². The molecular weight excluding hydrogens is 508 g/mol. The first-order chi connectivity index (χ1) is 19.8. The minimum absolute atomic E-state index is 0.0398. The van der Waals surface area contributed by atoms with Crippen molar-refractivity contribution in [1.29, 1.82) is 0 Å². The zero-order chi connectivity index (χ0) is 29.3. The largest absolute Gasteiger partial charge is 0.469 e. The van der Waals surface area contributed by atoms with Crippen LogP contribution in [0, 0.1) is 46.3 Å². The molecule has 0 aromatic heterocycles. The Hall–Kier alpha value is -0.690. The Bertz CT molecular complexity index is 794. The maximum atomic E-state index is 11.8.